The quantitative estimate of drug-likeness (QED) is 0.442. The number of amides is 2. The van der Waals surface area contributed by atoms with E-state index in [-0.39, 0.29) is 12.5 Å². The van der Waals surface area contributed by atoms with Gasteiger partial charge in [-0.25, -0.2) is 0 Å². The van der Waals surface area contributed by atoms with Gasteiger partial charge < -0.3 is 15.4 Å². The Morgan fingerprint density at radius 2 is 1.58 bits per heavy atom. The van der Waals surface area contributed by atoms with Crippen LogP contribution in [0.15, 0.2) is 91.0 Å². The van der Waals surface area contributed by atoms with E-state index < -0.39 is 5.91 Å². The van der Waals surface area contributed by atoms with Crippen molar-refractivity contribution in [1.82, 2.24) is 5.32 Å². The number of fused-ring (bicyclic) bond motifs is 1. The molecule has 2 N–H and O–H groups in total. The summed E-state index contributed by atoms with van der Waals surface area (Å²) < 4.78 is 5.77. The Balaban J connectivity index is 1.50. The second-order valence-corrected chi connectivity index (χ2v) is 7.39. The first-order valence-corrected chi connectivity index (χ1v) is 10.4. The van der Waals surface area contributed by atoms with Gasteiger partial charge in [-0.05, 0) is 46.7 Å². The average Bonchev–Trinajstić information content (AvgIpc) is 2.86. The average molecular weight is 435 g/mol. The van der Waals surface area contributed by atoms with E-state index in [1.807, 2.05) is 60.7 Å². The molecule has 4 aromatic rings. The van der Waals surface area contributed by atoms with Crippen LogP contribution in [0.2, 0.25) is 0 Å². The molecule has 0 bridgehead atoms. The van der Waals surface area contributed by atoms with E-state index in [4.69, 9.17) is 10.00 Å². The van der Waals surface area contributed by atoms with Crippen molar-refractivity contribution in [3.8, 4) is 11.8 Å². The molecule has 2 amide bonds. The Morgan fingerprint density at radius 1 is 0.848 bits per heavy atom. The van der Waals surface area contributed by atoms with E-state index in [9.17, 15) is 9.59 Å². The Bertz CT molecular complexity index is 1340. The number of nitriles is 1. The van der Waals surface area contributed by atoms with Crippen molar-refractivity contribution >= 4 is 28.3 Å². The molecule has 162 valence electrons. The van der Waals surface area contributed by atoms with Gasteiger partial charge in [-0.1, -0.05) is 60.7 Å². The minimum Gasteiger partial charge on any atom is -0.483 e. The van der Waals surface area contributed by atoms with Gasteiger partial charge in [-0.3, -0.25) is 9.59 Å². The van der Waals surface area contributed by atoms with Crippen LogP contribution in [-0.2, 0) is 11.3 Å². The number of anilines is 1. The third kappa shape index (κ3) is 5.54. The van der Waals surface area contributed by atoms with E-state index >= 15 is 0 Å². The highest BCUT2D eigenvalue weighted by atomic mass is 16.5. The monoisotopic (exact) mass is 435 g/mol. The lowest BCUT2D eigenvalue weighted by Crippen LogP contribution is -2.25. The lowest BCUT2D eigenvalue weighted by Gasteiger charge is -2.14. The molecule has 4 aromatic carbocycles. The van der Waals surface area contributed by atoms with Gasteiger partial charge in [0.05, 0.1) is 17.2 Å². The van der Waals surface area contributed by atoms with Crippen LogP contribution in [-0.4, -0.2) is 18.4 Å². The number of nitrogens with zero attached hydrogens (tertiary/aromatic N) is 1. The highest BCUT2D eigenvalue weighted by Gasteiger charge is 2.16. The third-order valence-corrected chi connectivity index (χ3v) is 5.02. The molecule has 0 saturated heterocycles. The van der Waals surface area contributed by atoms with E-state index in [1.54, 1.807) is 36.4 Å². The maximum absolute atomic E-state index is 13.0. The molecule has 0 aliphatic rings. The molecule has 0 spiro atoms. The van der Waals surface area contributed by atoms with E-state index in [0.29, 0.717) is 29.1 Å². The van der Waals surface area contributed by atoms with Gasteiger partial charge in [-0.2, -0.15) is 5.26 Å². The summed E-state index contributed by atoms with van der Waals surface area (Å²) in [5.74, 6) is -0.365. The number of hydrogen-bond acceptors (Lipinski definition) is 4. The first kappa shape index (κ1) is 21.6. The zero-order valence-electron chi connectivity index (χ0n) is 17.7. The third-order valence-electron chi connectivity index (χ3n) is 5.02. The van der Waals surface area contributed by atoms with Crippen LogP contribution < -0.4 is 15.4 Å². The van der Waals surface area contributed by atoms with Crippen LogP contribution in [0, 0.1) is 11.3 Å². The van der Waals surface area contributed by atoms with Crippen molar-refractivity contribution < 1.29 is 14.3 Å². The zero-order valence-corrected chi connectivity index (χ0v) is 17.7. The van der Waals surface area contributed by atoms with Gasteiger partial charge in [0.15, 0.2) is 6.61 Å². The maximum Gasteiger partial charge on any atom is 0.262 e. The molecule has 0 radical (unpaired) electrons. The van der Waals surface area contributed by atoms with Crippen LogP contribution in [0.5, 0.6) is 5.75 Å². The molecule has 4 rings (SSSR count). The molecule has 33 heavy (non-hydrogen) atoms. The Kier molecular flexibility index (Phi) is 6.62. The number of rotatable bonds is 7. The molecule has 0 fully saturated rings. The molecule has 6 nitrogen and oxygen atoms in total. The predicted octanol–water partition coefficient (Wildman–Crippen LogP) is 4.66. The molecule has 0 saturated carbocycles. The minimum absolute atomic E-state index is 0.284. The summed E-state index contributed by atoms with van der Waals surface area (Å²) in [4.78, 5) is 25.4. The lowest BCUT2D eigenvalue weighted by atomic mass is 10.1. The summed E-state index contributed by atoms with van der Waals surface area (Å²) in [7, 11) is 0. The van der Waals surface area contributed by atoms with Crippen LogP contribution >= 0.6 is 0 Å². The molecule has 6 heteroatoms. The van der Waals surface area contributed by atoms with E-state index in [1.165, 1.54) is 0 Å². The van der Waals surface area contributed by atoms with Gasteiger partial charge >= 0.3 is 0 Å². The summed E-state index contributed by atoms with van der Waals surface area (Å²) in [5.41, 5.74) is 2.28. The lowest BCUT2D eigenvalue weighted by molar-refractivity contribution is -0.118. The number of ether oxygens (including phenoxy) is 1. The van der Waals surface area contributed by atoms with Gasteiger partial charge in [0.25, 0.3) is 11.8 Å². The fourth-order valence-electron chi connectivity index (χ4n) is 3.40. The summed E-state index contributed by atoms with van der Waals surface area (Å²) in [6, 6.07) is 29.4. The Hall–Kier alpha value is -4.63. The normalized spacial score (nSPS) is 10.3. The predicted molar refractivity (Wildman–Crippen MR) is 127 cm³/mol. The summed E-state index contributed by atoms with van der Waals surface area (Å²) in [5, 5.41) is 16.4. The smallest absolute Gasteiger partial charge is 0.262 e. The molecule has 0 atom stereocenters. The van der Waals surface area contributed by atoms with Crippen LogP contribution in [0.1, 0.15) is 21.5 Å². The standard InChI is InChI=1S/C27H21N3O3/c28-16-20-9-6-12-23(13-20)30-26(31)18-33-25-15-22-11-5-4-10-21(22)14-24(25)27(32)29-17-19-7-2-1-3-8-19/h1-15H,17-18H2,(H,29,32)(H,30,31). The molecular weight excluding hydrogens is 414 g/mol. The van der Waals surface area contributed by atoms with Crippen molar-refractivity contribution in [3.05, 3.63) is 108 Å². The second kappa shape index (κ2) is 10.1. The number of hydrogen-bond donors (Lipinski definition) is 2. The Labute approximate surface area is 191 Å². The maximum atomic E-state index is 13.0. The highest BCUT2D eigenvalue weighted by molar-refractivity contribution is 6.02. The van der Waals surface area contributed by atoms with Crippen LogP contribution in [0.4, 0.5) is 5.69 Å². The fraction of sp³-hybridized carbons (Fsp3) is 0.0741. The fourth-order valence-corrected chi connectivity index (χ4v) is 3.40. The Morgan fingerprint density at radius 3 is 2.33 bits per heavy atom. The molecule has 0 aliphatic carbocycles. The number of nitrogens with one attached hydrogen (secondary N) is 2. The summed E-state index contributed by atoms with van der Waals surface area (Å²) in [6.45, 7) is 0.0930. The second-order valence-electron chi connectivity index (χ2n) is 7.39. The number of carbonyl (C=O) groups excluding carboxylic acids is 2. The molecule has 0 aromatic heterocycles. The van der Waals surface area contributed by atoms with Crippen molar-refractivity contribution in [2.24, 2.45) is 0 Å². The van der Waals surface area contributed by atoms with Crippen molar-refractivity contribution in [2.75, 3.05) is 11.9 Å². The number of benzene rings is 4. The van der Waals surface area contributed by atoms with Crippen LogP contribution in [0.25, 0.3) is 10.8 Å². The number of carbonyl (C=O) groups is 2. The van der Waals surface area contributed by atoms with Crippen molar-refractivity contribution in [3.63, 3.8) is 0 Å². The van der Waals surface area contributed by atoms with Gasteiger partial charge in [-0.15, -0.1) is 0 Å². The highest BCUT2D eigenvalue weighted by Crippen LogP contribution is 2.26. The van der Waals surface area contributed by atoms with Crippen LogP contribution in [0.3, 0.4) is 0 Å². The first-order chi connectivity index (χ1) is 16.1. The van der Waals surface area contributed by atoms with E-state index in [2.05, 4.69) is 10.6 Å². The topological polar surface area (TPSA) is 91.2 Å². The minimum atomic E-state index is -0.395. The molecule has 0 aliphatic heterocycles. The van der Waals surface area contributed by atoms with Crippen molar-refractivity contribution in [2.45, 2.75) is 6.54 Å². The summed E-state index contributed by atoms with van der Waals surface area (Å²) >= 11 is 0. The summed E-state index contributed by atoms with van der Waals surface area (Å²) in [6.07, 6.45) is 0. The molecular formula is C27H21N3O3. The zero-order chi connectivity index (χ0) is 23.0. The first-order valence-electron chi connectivity index (χ1n) is 10.4. The largest absolute Gasteiger partial charge is 0.483 e. The van der Waals surface area contributed by atoms with E-state index in [0.717, 1.165) is 16.3 Å². The van der Waals surface area contributed by atoms with Gasteiger partial charge in [0.1, 0.15) is 5.75 Å². The van der Waals surface area contributed by atoms with Gasteiger partial charge in [0, 0.05) is 12.2 Å². The molecule has 0 unspecified atom stereocenters. The van der Waals surface area contributed by atoms with Crippen molar-refractivity contribution in [1.29, 1.82) is 5.26 Å². The van der Waals surface area contributed by atoms with Gasteiger partial charge in [0.2, 0.25) is 0 Å². The SMILES string of the molecule is N#Cc1cccc(NC(=O)COc2cc3ccccc3cc2C(=O)NCc2ccccc2)c1. The molecule has 0 heterocycles.